The second-order valence-corrected chi connectivity index (χ2v) is 5.64. The predicted molar refractivity (Wildman–Crippen MR) is 82.3 cm³/mol. The number of carbonyl (C=O) groups excluding carboxylic acids is 1. The molecular weight excluding hydrogens is 290 g/mol. The van der Waals surface area contributed by atoms with Crippen molar-refractivity contribution in [2.45, 2.75) is 25.9 Å². The molecule has 0 aliphatic carbocycles. The van der Waals surface area contributed by atoms with Crippen molar-refractivity contribution in [1.29, 1.82) is 0 Å². The summed E-state index contributed by atoms with van der Waals surface area (Å²) in [5.41, 5.74) is 2.32. The summed E-state index contributed by atoms with van der Waals surface area (Å²) in [6.45, 7) is 3.58. The maximum atomic E-state index is 12.2. The van der Waals surface area contributed by atoms with Gasteiger partial charge in [0.15, 0.2) is 0 Å². The molecule has 1 aliphatic rings. The van der Waals surface area contributed by atoms with Crippen LogP contribution in [-0.4, -0.2) is 47.7 Å². The number of alkyl halides is 1. The average molecular weight is 312 g/mol. The van der Waals surface area contributed by atoms with Gasteiger partial charge in [-0.3, -0.25) is 4.79 Å². The van der Waals surface area contributed by atoms with Crippen LogP contribution < -0.4 is 0 Å². The number of aliphatic hydroxyl groups excluding tert-OH is 1. The fourth-order valence-electron chi connectivity index (χ4n) is 2.72. The molecule has 116 valence electrons. The second kappa shape index (κ2) is 7.78. The van der Waals surface area contributed by atoms with Gasteiger partial charge in [-0.15, -0.1) is 11.6 Å². The molecule has 2 rings (SSSR count). The lowest BCUT2D eigenvalue weighted by Gasteiger charge is -2.31. The van der Waals surface area contributed by atoms with Gasteiger partial charge >= 0.3 is 0 Å². The number of carbonyl (C=O) groups is 1. The molecule has 2 atom stereocenters. The van der Waals surface area contributed by atoms with Crippen LogP contribution in [0.5, 0.6) is 0 Å². The molecule has 1 aromatic rings. The lowest BCUT2D eigenvalue weighted by Crippen LogP contribution is -2.45. The van der Waals surface area contributed by atoms with E-state index in [0.717, 1.165) is 12.0 Å². The minimum absolute atomic E-state index is 0.0196. The molecule has 0 spiro atoms. The summed E-state index contributed by atoms with van der Waals surface area (Å²) in [7, 11) is 0. The van der Waals surface area contributed by atoms with E-state index in [2.05, 4.69) is 19.1 Å². The molecule has 1 aliphatic heterocycles. The van der Waals surface area contributed by atoms with E-state index in [1.807, 2.05) is 12.1 Å². The van der Waals surface area contributed by atoms with Crippen LogP contribution >= 0.6 is 11.6 Å². The number of nitrogens with zero attached hydrogens (tertiary/aromatic N) is 1. The average Bonchev–Trinajstić information content (AvgIpc) is 3.00. The van der Waals surface area contributed by atoms with Crippen molar-refractivity contribution < 1.29 is 14.6 Å². The largest absolute Gasteiger partial charge is 0.396 e. The maximum Gasteiger partial charge on any atom is 0.238 e. The summed E-state index contributed by atoms with van der Waals surface area (Å²) in [6, 6.07) is 8.10. The highest BCUT2D eigenvalue weighted by Crippen LogP contribution is 2.22. The maximum absolute atomic E-state index is 12.2. The van der Waals surface area contributed by atoms with E-state index in [-0.39, 0.29) is 30.4 Å². The van der Waals surface area contributed by atoms with Crippen molar-refractivity contribution in [2.75, 3.05) is 25.7 Å². The van der Waals surface area contributed by atoms with Crippen LogP contribution in [0.15, 0.2) is 24.3 Å². The summed E-state index contributed by atoms with van der Waals surface area (Å²) in [5.74, 6) is -0.207. The van der Waals surface area contributed by atoms with Gasteiger partial charge < -0.3 is 14.7 Å². The molecule has 1 N–H and O–H groups in total. The molecule has 5 heteroatoms. The Morgan fingerprint density at radius 2 is 2.19 bits per heavy atom. The van der Waals surface area contributed by atoms with Gasteiger partial charge in [0.25, 0.3) is 0 Å². The first-order valence-electron chi connectivity index (χ1n) is 7.31. The number of ether oxygens (including phenoxy) is 1. The third-order valence-electron chi connectivity index (χ3n) is 3.99. The normalized spacial score (nSPS) is 21.5. The van der Waals surface area contributed by atoms with Gasteiger partial charge in [-0.05, 0) is 17.5 Å². The van der Waals surface area contributed by atoms with E-state index in [0.29, 0.717) is 19.8 Å². The van der Waals surface area contributed by atoms with Gasteiger partial charge in [0.2, 0.25) is 5.91 Å². The van der Waals surface area contributed by atoms with Crippen LogP contribution in [0.2, 0.25) is 0 Å². The smallest absolute Gasteiger partial charge is 0.238 e. The highest BCUT2D eigenvalue weighted by molar-refractivity contribution is 6.27. The topological polar surface area (TPSA) is 49.8 Å². The Kier molecular flexibility index (Phi) is 6.03. The molecular formula is C16H22ClNO3. The molecule has 0 saturated carbocycles. The van der Waals surface area contributed by atoms with Crippen LogP contribution in [0.1, 0.15) is 18.1 Å². The minimum atomic E-state index is -0.118. The summed E-state index contributed by atoms with van der Waals surface area (Å²) in [5, 5.41) is 9.44. The first-order valence-corrected chi connectivity index (χ1v) is 7.84. The number of halogens is 1. The van der Waals surface area contributed by atoms with Crippen LogP contribution in [-0.2, 0) is 22.5 Å². The van der Waals surface area contributed by atoms with Gasteiger partial charge in [0.1, 0.15) is 5.88 Å². The number of aryl methyl sites for hydroxylation is 1. The van der Waals surface area contributed by atoms with Gasteiger partial charge in [-0.1, -0.05) is 31.2 Å². The number of amides is 1. The van der Waals surface area contributed by atoms with Crippen molar-refractivity contribution >= 4 is 17.5 Å². The van der Waals surface area contributed by atoms with Crippen molar-refractivity contribution in [3.05, 3.63) is 35.4 Å². The number of rotatable bonds is 6. The molecule has 0 bridgehead atoms. The second-order valence-electron chi connectivity index (χ2n) is 5.38. The molecule has 1 fully saturated rings. The number of hydrogen-bond acceptors (Lipinski definition) is 3. The zero-order valence-corrected chi connectivity index (χ0v) is 13.1. The zero-order chi connectivity index (χ0) is 15.2. The van der Waals surface area contributed by atoms with E-state index >= 15 is 0 Å². The molecule has 4 nitrogen and oxygen atoms in total. The monoisotopic (exact) mass is 311 g/mol. The summed E-state index contributed by atoms with van der Waals surface area (Å²) >= 11 is 5.75. The number of hydrogen-bond donors (Lipinski definition) is 1. The highest BCUT2D eigenvalue weighted by atomic mass is 35.5. The molecule has 21 heavy (non-hydrogen) atoms. The van der Waals surface area contributed by atoms with Gasteiger partial charge in [0, 0.05) is 12.5 Å². The van der Waals surface area contributed by atoms with Crippen molar-refractivity contribution in [1.82, 2.24) is 4.90 Å². The zero-order valence-electron chi connectivity index (χ0n) is 12.3. The Morgan fingerprint density at radius 1 is 1.43 bits per heavy atom. The van der Waals surface area contributed by atoms with Crippen molar-refractivity contribution in [3.63, 3.8) is 0 Å². The summed E-state index contributed by atoms with van der Waals surface area (Å²) < 4.78 is 5.42. The van der Waals surface area contributed by atoms with Gasteiger partial charge in [0.05, 0.1) is 25.9 Å². The standard InChI is InChI=1S/C16H22ClNO3/c1-2-12-4-3-5-13(6-12)8-18(16(20)7-17)15-11-21-10-14(15)9-19/h3-6,14-15,19H,2,7-11H2,1H3/t14-,15+/m0/s1. The Hall–Kier alpha value is -1.10. The predicted octanol–water partition coefficient (Wildman–Crippen LogP) is 1.82. The molecule has 0 unspecified atom stereocenters. The fourth-order valence-corrected chi connectivity index (χ4v) is 2.87. The Bertz CT molecular complexity index is 480. The molecule has 1 amide bonds. The molecule has 0 aromatic heterocycles. The first-order chi connectivity index (χ1) is 10.2. The number of aliphatic hydroxyl groups is 1. The van der Waals surface area contributed by atoms with Crippen LogP contribution in [0.4, 0.5) is 0 Å². The summed E-state index contributed by atoms with van der Waals surface area (Å²) in [6.07, 6.45) is 0.961. The first kappa shape index (κ1) is 16.3. The van der Waals surface area contributed by atoms with E-state index in [1.165, 1.54) is 5.56 Å². The Morgan fingerprint density at radius 3 is 2.86 bits per heavy atom. The minimum Gasteiger partial charge on any atom is -0.396 e. The van der Waals surface area contributed by atoms with Gasteiger partial charge in [-0.25, -0.2) is 0 Å². The third-order valence-corrected chi connectivity index (χ3v) is 4.22. The Labute approximate surface area is 130 Å². The SMILES string of the molecule is CCc1cccc(CN(C(=O)CCl)[C@@H]2COC[C@@H]2CO)c1. The summed E-state index contributed by atoms with van der Waals surface area (Å²) in [4.78, 5) is 13.9. The lowest BCUT2D eigenvalue weighted by atomic mass is 10.0. The number of benzene rings is 1. The fraction of sp³-hybridized carbons (Fsp3) is 0.562. The van der Waals surface area contributed by atoms with Crippen LogP contribution in [0.3, 0.4) is 0 Å². The van der Waals surface area contributed by atoms with E-state index in [4.69, 9.17) is 16.3 Å². The lowest BCUT2D eigenvalue weighted by molar-refractivity contribution is -0.132. The highest BCUT2D eigenvalue weighted by Gasteiger charge is 2.34. The van der Waals surface area contributed by atoms with Crippen LogP contribution in [0, 0.1) is 5.92 Å². The van der Waals surface area contributed by atoms with Crippen molar-refractivity contribution in [2.24, 2.45) is 5.92 Å². The molecule has 1 aromatic carbocycles. The molecule has 1 heterocycles. The van der Waals surface area contributed by atoms with E-state index in [1.54, 1.807) is 4.90 Å². The van der Waals surface area contributed by atoms with Crippen LogP contribution in [0.25, 0.3) is 0 Å². The van der Waals surface area contributed by atoms with Gasteiger partial charge in [-0.2, -0.15) is 0 Å². The Balaban J connectivity index is 2.18. The third kappa shape index (κ3) is 3.96. The molecule has 0 radical (unpaired) electrons. The van der Waals surface area contributed by atoms with E-state index < -0.39 is 0 Å². The van der Waals surface area contributed by atoms with E-state index in [9.17, 15) is 9.90 Å². The quantitative estimate of drug-likeness (QED) is 0.815. The van der Waals surface area contributed by atoms with Crippen molar-refractivity contribution in [3.8, 4) is 0 Å². The molecule has 1 saturated heterocycles.